The number of imidazole rings is 1. The summed E-state index contributed by atoms with van der Waals surface area (Å²) in [6.45, 7) is 4.84. The van der Waals surface area contributed by atoms with Gasteiger partial charge in [-0.15, -0.1) is 11.3 Å². The molecular weight excluding hydrogens is 328 g/mol. The lowest BCUT2D eigenvalue weighted by Gasteiger charge is -2.19. The minimum Gasteiger partial charge on any atom is -0.486 e. The van der Waals surface area contributed by atoms with Crippen LogP contribution in [0.15, 0.2) is 18.2 Å². The predicted octanol–water partition coefficient (Wildman–Crippen LogP) is 3.40. The first-order chi connectivity index (χ1) is 11.6. The fourth-order valence-corrected chi connectivity index (χ4v) is 4.16. The standard InChI is InChI=1S/C17H16N2O4S/c1-3-13-15(10-4-5-11-12(8-10)23-7-6-22-11)19-14(16(20)21)9(2)18-17(19)24-13/h4-5,8H,3,6-7H2,1-2H3,(H,20,21). The number of hydrogen-bond acceptors (Lipinski definition) is 5. The van der Waals surface area contributed by atoms with Gasteiger partial charge in [0.05, 0.1) is 11.4 Å². The largest absolute Gasteiger partial charge is 0.486 e. The fraction of sp³-hybridized carbons (Fsp3) is 0.294. The van der Waals surface area contributed by atoms with E-state index < -0.39 is 5.97 Å². The van der Waals surface area contributed by atoms with Crippen LogP contribution < -0.4 is 9.47 Å². The van der Waals surface area contributed by atoms with E-state index in [1.54, 1.807) is 11.3 Å². The Hall–Kier alpha value is -2.54. The molecule has 0 aliphatic carbocycles. The van der Waals surface area contributed by atoms with Gasteiger partial charge < -0.3 is 14.6 Å². The van der Waals surface area contributed by atoms with Crippen molar-refractivity contribution >= 4 is 22.3 Å². The van der Waals surface area contributed by atoms with Crippen LogP contribution in [0, 0.1) is 6.92 Å². The van der Waals surface area contributed by atoms with Crippen molar-refractivity contribution in [2.75, 3.05) is 13.2 Å². The van der Waals surface area contributed by atoms with Crippen molar-refractivity contribution in [2.24, 2.45) is 0 Å². The molecule has 0 atom stereocenters. The second-order valence-electron chi connectivity index (χ2n) is 5.55. The summed E-state index contributed by atoms with van der Waals surface area (Å²) in [7, 11) is 0. The lowest BCUT2D eigenvalue weighted by molar-refractivity contribution is 0.0688. The molecule has 124 valence electrons. The van der Waals surface area contributed by atoms with E-state index in [0.29, 0.717) is 29.6 Å². The number of ether oxygens (including phenoxy) is 2. The molecule has 6 nitrogen and oxygen atoms in total. The zero-order valence-electron chi connectivity index (χ0n) is 13.3. The maximum atomic E-state index is 11.7. The van der Waals surface area contributed by atoms with E-state index in [-0.39, 0.29) is 5.69 Å². The van der Waals surface area contributed by atoms with Gasteiger partial charge in [0.25, 0.3) is 0 Å². The van der Waals surface area contributed by atoms with E-state index >= 15 is 0 Å². The van der Waals surface area contributed by atoms with E-state index in [1.807, 2.05) is 18.2 Å². The van der Waals surface area contributed by atoms with Gasteiger partial charge in [0.2, 0.25) is 0 Å². The summed E-state index contributed by atoms with van der Waals surface area (Å²) in [6, 6.07) is 5.72. The van der Waals surface area contributed by atoms with Crippen LogP contribution >= 0.6 is 11.3 Å². The summed E-state index contributed by atoms with van der Waals surface area (Å²) in [5.41, 5.74) is 2.51. The molecule has 1 aromatic carbocycles. The zero-order chi connectivity index (χ0) is 16.8. The molecule has 0 saturated heterocycles. The van der Waals surface area contributed by atoms with Gasteiger partial charge in [0, 0.05) is 10.4 Å². The molecule has 0 amide bonds. The number of carboxylic acids is 1. The highest BCUT2D eigenvalue weighted by atomic mass is 32.1. The highest BCUT2D eigenvalue weighted by Crippen LogP contribution is 2.39. The number of aryl methyl sites for hydroxylation is 2. The average molecular weight is 344 g/mol. The van der Waals surface area contributed by atoms with Crippen LogP contribution in [-0.4, -0.2) is 33.7 Å². The molecule has 1 aliphatic rings. The van der Waals surface area contributed by atoms with Crippen LogP contribution in [0.4, 0.5) is 0 Å². The smallest absolute Gasteiger partial charge is 0.354 e. The number of hydrogen-bond donors (Lipinski definition) is 1. The maximum Gasteiger partial charge on any atom is 0.354 e. The van der Waals surface area contributed by atoms with Crippen molar-refractivity contribution < 1.29 is 19.4 Å². The number of rotatable bonds is 3. The van der Waals surface area contributed by atoms with Gasteiger partial charge in [-0.25, -0.2) is 9.78 Å². The number of thiazole rings is 1. The molecule has 24 heavy (non-hydrogen) atoms. The maximum absolute atomic E-state index is 11.7. The normalized spacial score (nSPS) is 13.4. The summed E-state index contributed by atoms with van der Waals surface area (Å²) in [6.07, 6.45) is 0.801. The van der Waals surface area contributed by atoms with E-state index in [9.17, 15) is 9.90 Å². The van der Waals surface area contributed by atoms with Gasteiger partial charge >= 0.3 is 5.97 Å². The SMILES string of the molecule is CCc1sc2nc(C)c(C(=O)O)n2c1-c1ccc2c(c1)OCCO2. The third kappa shape index (κ3) is 2.16. The van der Waals surface area contributed by atoms with Crippen LogP contribution in [0.1, 0.15) is 28.0 Å². The Bertz CT molecular complexity index is 957. The Balaban J connectivity index is 1.99. The third-order valence-corrected chi connectivity index (χ3v) is 5.25. The molecule has 4 rings (SSSR count). The van der Waals surface area contributed by atoms with E-state index in [0.717, 1.165) is 28.3 Å². The van der Waals surface area contributed by atoms with Gasteiger partial charge in [0.15, 0.2) is 22.2 Å². The zero-order valence-corrected chi connectivity index (χ0v) is 14.1. The fourth-order valence-electron chi connectivity index (χ4n) is 3.03. The Morgan fingerprint density at radius 1 is 1.33 bits per heavy atom. The summed E-state index contributed by atoms with van der Waals surface area (Å²) < 4.78 is 13.0. The molecule has 0 unspecified atom stereocenters. The van der Waals surface area contributed by atoms with Gasteiger partial charge in [-0.05, 0) is 31.5 Å². The predicted molar refractivity (Wildman–Crippen MR) is 90.6 cm³/mol. The number of carbonyl (C=O) groups is 1. The molecule has 0 saturated carbocycles. The topological polar surface area (TPSA) is 73.1 Å². The lowest BCUT2D eigenvalue weighted by Crippen LogP contribution is -2.15. The highest BCUT2D eigenvalue weighted by Gasteiger charge is 2.24. The van der Waals surface area contributed by atoms with E-state index in [2.05, 4.69) is 11.9 Å². The van der Waals surface area contributed by atoms with Crippen LogP contribution in [-0.2, 0) is 6.42 Å². The van der Waals surface area contributed by atoms with Gasteiger partial charge in [-0.2, -0.15) is 0 Å². The second kappa shape index (κ2) is 5.52. The Morgan fingerprint density at radius 3 is 2.79 bits per heavy atom. The molecular formula is C17H16N2O4S. The number of carboxylic acid groups (broad SMARTS) is 1. The van der Waals surface area contributed by atoms with Gasteiger partial charge in [0.1, 0.15) is 13.2 Å². The number of fused-ring (bicyclic) bond motifs is 2. The van der Waals surface area contributed by atoms with Crippen LogP contribution in [0.2, 0.25) is 0 Å². The molecule has 7 heteroatoms. The first kappa shape index (κ1) is 15.0. The summed E-state index contributed by atoms with van der Waals surface area (Å²) >= 11 is 1.52. The first-order valence-corrected chi connectivity index (χ1v) is 8.55. The molecule has 0 radical (unpaired) electrons. The van der Waals surface area contributed by atoms with Crippen molar-refractivity contribution in [3.63, 3.8) is 0 Å². The van der Waals surface area contributed by atoms with Gasteiger partial charge in [-0.3, -0.25) is 4.40 Å². The molecule has 3 aromatic rings. The number of aromatic carboxylic acids is 1. The summed E-state index contributed by atoms with van der Waals surface area (Å²) in [5.74, 6) is 0.433. The van der Waals surface area contributed by atoms with Crippen molar-refractivity contribution in [3.8, 4) is 22.8 Å². The Morgan fingerprint density at radius 2 is 2.08 bits per heavy atom. The monoisotopic (exact) mass is 344 g/mol. The average Bonchev–Trinajstić information content (AvgIpc) is 3.07. The molecule has 1 aliphatic heterocycles. The molecule has 0 fully saturated rings. The minimum atomic E-state index is -0.973. The Kier molecular flexibility index (Phi) is 3.45. The summed E-state index contributed by atoms with van der Waals surface area (Å²) in [5, 5.41) is 9.60. The second-order valence-corrected chi connectivity index (χ2v) is 6.62. The first-order valence-electron chi connectivity index (χ1n) is 7.74. The van der Waals surface area contributed by atoms with Crippen molar-refractivity contribution in [3.05, 3.63) is 34.5 Å². The van der Waals surface area contributed by atoms with Crippen molar-refractivity contribution in [1.82, 2.24) is 9.38 Å². The number of nitrogens with zero attached hydrogens (tertiary/aromatic N) is 2. The third-order valence-electron chi connectivity index (χ3n) is 4.06. The molecule has 1 N–H and O–H groups in total. The van der Waals surface area contributed by atoms with E-state index in [4.69, 9.17) is 9.47 Å². The molecule has 3 heterocycles. The molecule has 2 aromatic heterocycles. The lowest BCUT2D eigenvalue weighted by atomic mass is 10.1. The minimum absolute atomic E-state index is 0.214. The van der Waals surface area contributed by atoms with Crippen LogP contribution in [0.3, 0.4) is 0 Å². The number of aromatic nitrogens is 2. The quantitative estimate of drug-likeness (QED) is 0.788. The van der Waals surface area contributed by atoms with Crippen molar-refractivity contribution in [1.29, 1.82) is 0 Å². The molecule has 0 spiro atoms. The number of benzene rings is 1. The van der Waals surface area contributed by atoms with Crippen molar-refractivity contribution in [2.45, 2.75) is 20.3 Å². The highest BCUT2D eigenvalue weighted by molar-refractivity contribution is 7.17. The summed E-state index contributed by atoms with van der Waals surface area (Å²) in [4.78, 5) is 17.9. The van der Waals surface area contributed by atoms with Crippen LogP contribution in [0.25, 0.3) is 16.2 Å². The Labute approximate surface area is 142 Å². The van der Waals surface area contributed by atoms with E-state index in [1.165, 1.54) is 11.3 Å². The van der Waals surface area contributed by atoms with Gasteiger partial charge in [-0.1, -0.05) is 6.92 Å². The van der Waals surface area contributed by atoms with Crippen LogP contribution in [0.5, 0.6) is 11.5 Å². The molecule has 0 bridgehead atoms.